The van der Waals surface area contributed by atoms with Crippen LogP contribution in [0, 0.1) is 0 Å². The van der Waals surface area contributed by atoms with Crippen LogP contribution in [0.3, 0.4) is 0 Å². The topological polar surface area (TPSA) is 64.6 Å². The zero-order valence-corrected chi connectivity index (χ0v) is 10.5. The summed E-state index contributed by atoms with van der Waals surface area (Å²) >= 11 is 0. The van der Waals surface area contributed by atoms with Crippen LogP contribution in [0.1, 0.15) is 28.8 Å². The monoisotopic (exact) mass is 261 g/mol. The average Bonchev–Trinajstić information content (AvgIpc) is 2.82. The smallest absolute Gasteiger partial charge is 0.407 e. The van der Waals surface area contributed by atoms with Crippen LogP contribution in [0.2, 0.25) is 0 Å². The quantitative estimate of drug-likeness (QED) is 0.899. The van der Waals surface area contributed by atoms with E-state index in [0.29, 0.717) is 19.6 Å². The Morgan fingerprint density at radius 2 is 2.21 bits per heavy atom. The molecule has 0 bridgehead atoms. The number of nitrogens with one attached hydrogen (secondary N) is 1. The highest BCUT2D eigenvalue weighted by atomic mass is 16.6. The molecule has 1 saturated heterocycles. The Morgan fingerprint density at radius 3 is 3.00 bits per heavy atom. The molecule has 3 rings (SSSR count). The zero-order chi connectivity index (χ0) is 13.2. The molecule has 19 heavy (non-hydrogen) atoms. The van der Waals surface area contributed by atoms with E-state index < -0.39 is 6.09 Å². The van der Waals surface area contributed by atoms with Gasteiger partial charge in [0.2, 0.25) is 0 Å². The van der Waals surface area contributed by atoms with Gasteiger partial charge in [-0.25, -0.2) is 4.79 Å². The van der Waals surface area contributed by atoms with Crippen LogP contribution in [0.15, 0.2) is 18.2 Å². The van der Waals surface area contributed by atoms with E-state index in [4.69, 9.17) is 9.47 Å². The van der Waals surface area contributed by atoms with E-state index in [1.807, 2.05) is 12.1 Å². The van der Waals surface area contributed by atoms with Crippen LogP contribution >= 0.6 is 0 Å². The fraction of sp³-hybridized carbons (Fsp3) is 0.429. The lowest BCUT2D eigenvalue weighted by atomic mass is 9.90. The van der Waals surface area contributed by atoms with Gasteiger partial charge in [0, 0.05) is 12.0 Å². The summed E-state index contributed by atoms with van der Waals surface area (Å²) in [6.07, 6.45) is 1.81. The molecule has 1 atom stereocenters. The minimum absolute atomic E-state index is 0.210. The molecule has 1 aliphatic heterocycles. The molecule has 1 aromatic rings. The number of benzene rings is 1. The Morgan fingerprint density at radius 1 is 1.32 bits per heavy atom. The number of hydrogen-bond acceptors (Lipinski definition) is 4. The summed E-state index contributed by atoms with van der Waals surface area (Å²) in [5, 5.41) is 2.58. The summed E-state index contributed by atoms with van der Waals surface area (Å²) in [7, 11) is 0. The summed E-state index contributed by atoms with van der Waals surface area (Å²) < 4.78 is 10.6. The first-order chi connectivity index (χ1) is 9.22. The van der Waals surface area contributed by atoms with Gasteiger partial charge in [0.1, 0.15) is 12.4 Å². The largest absolute Gasteiger partial charge is 0.490 e. The molecule has 0 saturated carbocycles. The van der Waals surface area contributed by atoms with Crippen molar-refractivity contribution < 1.29 is 19.1 Å². The van der Waals surface area contributed by atoms with Gasteiger partial charge in [0.25, 0.3) is 0 Å². The van der Waals surface area contributed by atoms with Crippen molar-refractivity contribution >= 4 is 11.9 Å². The van der Waals surface area contributed by atoms with E-state index in [9.17, 15) is 9.59 Å². The lowest BCUT2D eigenvalue weighted by molar-refractivity contribution is 0.0969. The van der Waals surface area contributed by atoms with Crippen LogP contribution < -0.4 is 10.1 Å². The Hall–Kier alpha value is -2.04. The van der Waals surface area contributed by atoms with E-state index in [1.54, 1.807) is 6.07 Å². The standard InChI is InChI=1S/C14H15NO4/c16-13-3-1-2-9-6-10(4-5-12(9)13)18-8-11-7-15-14(17)19-11/h4-6,11H,1-3,7-8H2,(H,15,17). The third kappa shape index (κ3) is 2.54. The Labute approximate surface area is 110 Å². The number of carbonyl (C=O) groups is 2. The molecule has 1 N–H and O–H groups in total. The number of fused-ring (bicyclic) bond motifs is 1. The van der Waals surface area contributed by atoms with Crippen molar-refractivity contribution in [1.82, 2.24) is 5.32 Å². The molecule has 1 amide bonds. The lowest BCUT2D eigenvalue weighted by Gasteiger charge is -2.16. The van der Waals surface area contributed by atoms with Gasteiger partial charge < -0.3 is 14.8 Å². The third-order valence-corrected chi connectivity index (χ3v) is 3.41. The zero-order valence-electron chi connectivity index (χ0n) is 10.5. The molecule has 5 heteroatoms. The van der Waals surface area contributed by atoms with Crippen LogP contribution in [0.4, 0.5) is 4.79 Å². The van der Waals surface area contributed by atoms with Crippen molar-refractivity contribution in [2.45, 2.75) is 25.4 Å². The third-order valence-electron chi connectivity index (χ3n) is 3.41. The number of ketones is 1. The second kappa shape index (κ2) is 4.91. The SMILES string of the molecule is O=C1NCC(COc2ccc3c(c2)CCCC3=O)O1. The minimum atomic E-state index is -0.398. The molecule has 1 unspecified atom stereocenters. The molecule has 2 aliphatic rings. The molecule has 1 heterocycles. The second-order valence-corrected chi connectivity index (χ2v) is 4.81. The van der Waals surface area contributed by atoms with Gasteiger partial charge >= 0.3 is 6.09 Å². The molecule has 5 nitrogen and oxygen atoms in total. The van der Waals surface area contributed by atoms with Gasteiger partial charge in [-0.05, 0) is 36.6 Å². The number of rotatable bonds is 3. The van der Waals surface area contributed by atoms with Gasteiger partial charge in [-0.15, -0.1) is 0 Å². The predicted octanol–water partition coefficient (Wildman–Crippen LogP) is 1.69. The second-order valence-electron chi connectivity index (χ2n) is 4.81. The average molecular weight is 261 g/mol. The van der Waals surface area contributed by atoms with Crippen LogP contribution in [0.5, 0.6) is 5.75 Å². The number of Topliss-reactive ketones (excluding diaryl/α,β-unsaturated/α-hetero) is 1. The van der Waals surface area contributed by atoms with Gasteiger partial charge in [-0.3, -0.25) is 4.79 Å². The molecule has 1 aliphatic carbocycles. The highest BCUT2D eigenvalue weighted by molar-refractivity contribution is 5.98. The van der Waals surface area contributed by atoms with Crippen molar-refractivity contribution in [3.05, 3.63) is 29.3 Å². The van der Waals surface area contributed by atoms with Crippen LogP contribution in [-0.4, -0.2) is 31.1 Å². The Kier molecular flexibility index (Phi) is 3.11. The molecule has 100 valence electrons. The maximum absolute atomic E-state index is 11.7. The van der Waals surface area contributed by atoms with E-state index >= 15 is 0 Å². The Bertz CT molecular complexity index is 526. The number of amides is 1. The summed E-state index contributed by atoms with van der Waals surface area (Å²) in [6.45, 7) is 0.799. The number of ether oxygens (including phenoxy) is 2. The molecular weight excluding hydrogens is 246 g/mol. The first-order valence-corrected chi connectivity index (χ1v) is 6.46. The van der Waals surface area contributed by atoms with Crippen molar-refractivity contribution in [3.8, 4) is 5.75 Å². The number of cyclic esters (lactones) is 1. The number of aryl methyl sites for hydroxylation is 1. The minimum Gasteiger partial charge on any atom is -0.490 e. The van der Waals surface area contributed by atoms with Crippen LogP contribution in [0.25, 0.3) is 0 Å². The Balaban J connectivity index is 1.65. The van der Waals surface area contributed by atoms with Crippen LogP contribution in [-0.2, 0) is 11.2 Å². The highest BCUT2D eigenvalue weighted by Gasteiger charge is 2.23. The van der Waals surface area contributed by atoms with E-state index in [0.717, 1.165) is 29.7 Å². The fourth-order valence-corrected chi connectivity index (χ4v) is 2.43. The first kappa shape index (κ1) is 12.0. The van der Waals surface area contributed by atoms with Crippen molar-refractivity contribution in [1.29, 1.82) is 0 Å². The number of hydrogen-bond donors (Lipinski definition) is 1. The van der Waals surface area contributed by atoms with Crippen molar-refractivity contribution in [3.63, 3.8) is 0 Å². The van der Waals surface area contributed by atoms with Gasteiger partial charge in [-0.1, -0.05) is 0 Å². The molecule has 0 spiro atoms. The van der Waals surface area contributed by atoms with Gasteiger partial charge in [-0.2, -0.15) is 0 Å². The molecule has 1 aromatic carbocycles. The van der Waals surface area contributed by atoms with E-state index in [2.05, 4.69) is 5.32 Å². The lowest BCUT2D eigenvalue weighted by Crippen LogP contribution is -2.22. The van der Waals surface area contributed by atoms with E-state index in [1.165, 1.54) is 0 Å². The molecular formula is C14H15NO4. The maximum atomic E-state index is 11.7. The first-order valence-electron chi connectivity index (χ1n) is 6.46. The fourth-order valence-electron chi connectivity index (χ4n) is 2.43. The summed E-state index contributed by atoms with van der Waals surface area (Å²) in [4.78, 5) is 22.6. The summed E-state index contributed by atoms with van der Waals surface area (Å²) in [5.74, 6) is 0.929. The maximum Gasteiger partial charge on any atom is 0.407 e. The van der Waals surface area contributed by atoms with Crippen molar-refractivity contribution in [2.24, 2.45) is 0 Å². The molecule has 0 aromatic heterocycles. The van der Waals surface area contributed by atoms with Gasteiger partial charge in [0.15, 0.2) is 11.9 Å². The number of alkyl carbamates (subject to hydrolysis) is 1. The summed E-state index contributed by atoms with van der Waals surface area (Å²) in [6, 6.07) is 5.54. The van der Waals surface area contributed by atoms with E-state index in [-0.39, 0.29) is 11.9 Å². The highest BCUT2D eigenvalue weighted by Crippen LogP contribution is 2.25. The number of carbonyl (C=O) groups excluding carboxylic acids is 2. The predicted molar refractivity (Wildman–Crippen MR) is 67.5 cm³/mol. The molecule has 1 fully saturated rings. The van der Waals surface area contributed by atoms with Crippen molar-refractivity contribution in [2.75, 3.05) is 13.2 Å². The normalized spacial score (nSPS) is 21.6. The molecule has 0 radical (unpaired) electrons. The van der Waals surface area contributed by atoms with Gasteiger partial charge in [0.05, 0.1) is 6.54 Å². The summed E-state index contributed by atoms with van der Waals surface area (Å²) in [5.41, 5.74) is 1.86.